The predicted molar refractivity (Wildman–Crippen MR) is 50.5 cm³/mol. The number of aliphatic hydroxyl groups is 1. The third kappa shape index (κ3) is 2.25. The second-order valence-electron chi connectivity index (χ2n) is 3.16. The quantitative estimate of drug-likeness (QED) is 0.656. The number of terminal acetylenes is 1. The Labute approximate surface area is 84.2 Å². The summed E-state index contributed by atoms with van der Waals surface area (Å²) in [6, 6.07) is 0. The molecule has 0 spiro atoms. The van der Waals surface area contributed by atoms with Crippen LogP contribution in [0.2, 0.25) is 0 Å². The van der Waals surface area contributed by atoms with Crippen molar-refractivity contribution in [1.29, 1.82) is 0 Å². The zero-order chi connectivity index (χ0) is 10.6. The molecule has 0 radical (unpaired) electrons. The highest BCUT2D eigenvalue weighted by Crippen LogP contribution is 2.26. The van der Waals surface area contributed by atoms with Crippen molar-refractivity contribution in [3.8, 4) is 12.3 Å². The minimum atomic E-state index is -0.765. The van der Waals surface area contributed by atoms with Crippen LogP contribution in [0.1, 0.15) is 13.3 Å². The van der Waals surface area contributed by atoms with E-state index in [1.807, 2.05) is 6.92 Å². The van der Waals surface area contributed by atoms with Crippen molar-refractivity contribution in [2.75, 3.05) is 13.7 Å². The van der Waals surface area contributed by atoms with Gasteiger partial charge in [-0.3, -0.25) is 0 Å². The molecule has 4 heteroatoms. The van der Waals surface area contributed by atoms with Crippen molar-refractivity contribution in [1.82, 2.24) is 0 Å². The van der Waals surface area contributed by atoms with E-state index in [9.17, 15) is 5.11 Å². The molecule has 0 unspecified atom stereocenters. The summed E-state index contributed by atoms with van der Waals surface area (Å²) in [4.78, 5) is 0. The number of ether oxygens (including phenoxy) is 3. The van der Waals surface area contributed by atoms with Crippen molar-refractivity contribution in [2.45, 2.75) is 37.9 Å². The highest BCUT2D eigenvalue weighted by atomic mass is 16.7. The van der Waals surface area contributed by atoms with Crippen molar-refractivity contribution < 1.29 is 19.3 Å². The molecule has 1 aliphatic rings. The summed E-state index contributed by atoms with van der Waals surface area (Å²) >= 11 is 0. The lowest BCUT2D eigenvalue weighted by molar-refractivity contribution is -0.148. The fourth-order valence-corrected chi connectivity index (χ4v) is 1.58. The Bertz CT molecular complexity index is 209. The van der Waals surface area contributed by atoms with Crippen LogP contribution in [-0.4, -0.2) is 43.4 Å². The van der Waals surface area contributed by atoms with Gasteiger partial charge in [0.1, 0.15) is 18.8 Å². The van der Waals surface area contributed by atoms with Gasteiger partial charge in [0.2, 0.25) is 0 Å². The average Bonchev–Trinajstić information content (AvgIpc) is 2.52. The second kappa shape index (κ2) is 5.32. The molecule has 1 aliphatic heterocycles. The SMILES string of the molecule is C#CCO[C@@H]1[C@@H](O)[C@@H](OC)O[C@@H]1CC. The maximum absolute atomic E-state index is 9.73. The lowest BCUT2D eigenvalue weighted by atomic mass is 10.1. The molecular formula is C10H16O4. The van der Waals surface area contributed by atoms with Crippen molar-refractivity contribution in [2.24, 2.45) is 0 Å². The van der Waals surface area contributed by atoms with Crippen LogP contribution in [0.3, 0.4) is 0 Å². The first-order valence-corrected chi connectivity index (χ1v) is 4.66. The van der Waals surface area contributed by atoms with E-state index in [4.69, 9.17) is 20.6 Å². The summed E-state index contributed by atoms with van der Waals surface area (Å²) in [7, 11) is 1.49. The summed E-state index contributed by atoms with van der Waals surface area (Å²) in [5.74, 6) is 2.36. The summed E-state index contributed by atoms with van der Waals surface area (Å²) in [5, 5.41) is 9.73. The van der Waals surface area contributed by atoms with Crippen LogP contribution in [0.5, 0.6) is 0 Å². The predicted octanol–water partition coefficient (Wildman–Crippen LogP) is 0.147. The van der Waals surface area contributed by atoms with Crippen LogP contribution in [0.25, 0.3) is 0 Å². The lowest BCUT2D eigenvalue weighted by Crippen LogP contribution is -2.35. The number of aliphatic hydroxyl groups excluding tert-OH is 1. The van der Waals surface area contributed by atoms with Gasteiger partial charge >= 0.3 is 0 Å². The van der Waals surface area contributed by atoms with Crippen LogP contribution in [-0.2, 0) is 14.2 Å². The van der Waals surface area contributed by atoms with Crippen molar-refractivity contribution in [3.63, 3.8) is 0 Å². The van der Waals surface area contributed by atoms with Crippen LogP contribution in [0.4, 0.5) is 0 Å². The Morgan fingerprint density at radius 3 is 2.79 bits per heavy atom. The fraction of sp³-hybridized carbons (Fsp3) is 0.800. The summed E-state index contributed by atoms with van der Waals surface area (Å²) in [6.45, 7) is 2.14. The van der Waals surface area contributed by atoms with Gasteiger partial charge in [-0.1, -0.05) is 12.8 Å². The molecule has 4 atom stereocenters. The standard InChI is InChI=1S/C10H16O4/c1-4-6-13-9-7(5-2)14-10(12-3)8(9)11/h1,7-11H,5-6H2,2-3H3/t7-,8-,9+,10+/m1/s1. The molecule has 4 nitrogen and oxygen atoms in total. The molecule has 1 saturated heterocycles. The van der Waals surface area contributed by atoms with E-state index in [0.717, 1.165) is 6.42 Å². The zero-order valence-electron chi connectivity index (χ0n) is 8.47. The molecule has 14 heavy (non-hydrogen) atoms. The van der Waals surface area contributed by atoms with Crippen LogP contribution in [0.15, 0.2) is 0 Å². The van der Waals surface area contributed by atoms with E-state index in [-0.39, 0.29) is 18.8 Å². The lowest BCUT2D eigenvalue weighted by Gasteiger charge is -2.17. The Morgan fingerprint density at radius 1 is 1.57 bits per heavy atom. The minimum Gasteiger partial charge on any atom is -0.385 e. The molecule has 0 aromatic rings. The Morgan fingerprint density at radius 2 is 2.29 bits per heavy atom. The van der Waals surface area contributed by atoms with Gasteiger partial charge in [0, 0.05) is 7.11 Å². The molecule has 0 amide bonds. The van der Waals surface area contributed by atoms with Gasteiger partial charge in [0.25, 0.3) is 0 Å². The molecule has 0 saturated carbocycles. The van der Waals surface area contributed by atoms with Crippen LogP contribution in [0, 0.1) is 12.3 Å². The Hall–Kier alpha value is -0.600. The summed E-state index contributed by atoms with van der Waals surface area (Å²) < 4.78 is 15.7. The van der Waals surface area contributed by atoms with Gasteiger partial charge in [-0.2, -0.15) is 0 Å². The third-order valence-corrected chi connectivity index (χ3v) is 2.28. The normalized spacial score (nSPS) is 37.0. The molecule has 0 aliphatic carbocycles. The van der Waals surface area contributed by atoms with Gasteiger partial charge in [-0.05, 0) is 6.42 Å². The number of rotatable bonds is 4. The molecule has 1 N–H and O–H groups in total. The van der Waals surface area contributed by atoms with Crippen molar-refractivity contribution in [3.05, 3.63) is 0 Å². The van der Waals surface area contributed by atoms with E-state index < -0.39 is 12.4 Å². The monoisotopic (exact) mass is 200 g/mol. The molecule has 80 valence electrons. The number of hydrogen-bond acceptors (Lipinski definition) is 4. The van der Waals surface area contributed by atoms with E-state index in [1.54, 1.807) is 0 Å². The molecular weight excluding hydrogens is 184 g/mol. The zero-order valence-corrected chi connectivity index (χ0v) is 8.47. The van der Waals surface area contributed by atoms with E-state index in [1.165, 1.54) is 7.11 Å². The maximum atomic E-state index is 9.73. The topological polar surface area (TPSA) is 47.9 Å². The van der Waals surface area contributed by atoms with Gasteiger partial charge in [-0.15, -0.1) is 6.42 Å². The second-order valence-corrected chi connectivity index (χ2v) is 3.16. The van der Waals surface area contributed by atoms with E-state index in [0.29, 0.717) is 0 Å². The molecule has 0 aromatic carbocycles. The summed E-state index contributed by atoms with van der Waals surface area (Å²) in [6.07, 6.45) is 3.92. The van der Waals surface area contributed by atoms with Gasteiger partial charge in [0.15, 0.2) is 6.29 Å². The first-order valence-electron chi connectivity index (χ1n) is 4.66. The first kappa shape index (κ1) is 11.5. The molecule has 1 fully saturated rings. The van der Waals surface area contributed by atoms with Gasteiger partial charge in [0.05, 0.1) is 6.10 Å². The molecule has 0 aromatic heterocycles. The Balaban J connectivity index is 2.56. The molecule has 1 rings (SSSR count). The van der Waals surface area contributed by atoms with Gasteiger partial charge in [-0.25, -0.2) is 0 Å². The highest BCUT2D eigenvalue weighted by Gasteiger charge is 2.43. The van der Waals surface area contributed by atoms with Crippen LogP contribution >= 0.6 is 0 Å². The van der Waals surface area contributed by atoms with E-state index >= 15 is 0 Å². The minimum absolute atomic E-state index is 0.150. The van der Waals surface area contributed by atoms with Crippen molar-refractivity contribution >= 4 is 0 Å². The average molecular weight is 200 g/mol. The molecule has 1 heterocycles. The first-order chi connectivity index (χ1) is 6.74. The van der Waals surface area contributed by atoms with Gasteiger partial charge < -0.3 is 19.3 Å². The Kier molecular flexibility index (Phi) is 4.36. The van der Waals surface area contributed by atoms with E-state index in [2.05, 4.69) is 5.92 Å². The number of methoxy groups -OCH3 is 1. The van der Waals surface area contributed by atoms with Crippen LogP contribution < -0.4 is 0 Å². The third-order valence-electron chi connectivity index (χ3n) is 2.28. The smallest absolute Gasteiger partial charge is 0.186 e. The highest BCUT2D eigenvalue weighted by molar-refractivity contribution is 4.90. The maximum Gasteiger partial charge on any atom is 0.186 e. The number of hydrogen-bond donors (Lipinski definition) is 1. The fourth-order valence-electron chi connectivity index (χ4n) is 1.58. The largest absolute Gasteiger partial charge is 0.385 e. The molecule has 0 bridgehead atoms. The summed E-state index contributed by atoms with van der Waals surface area (Å²) in [5.41, 5.74) is 0.